The molecule has 0 aromatic heterocycles. The van der Waals surface area contributed by atoms with Crippen molar-refractivity contribution in [2.75, 3.05) is 5.75 Å². The van der Waals surface area contributed by atoms with Crippen LogP contribution in [-0.4, -0.2) is 39.3 Å². The molecule has 1 saturated heterocycles. The number of hydrogen-bond donors (Lipinski definition) is 5. The largest absolute Gasteiger partial charge is 0.481 e. The molecule has 3 unspecified atom stereocenters. The van der Waals surface area contributed by atoms with Crippen molar-refractivity contribution < 1.29 is 14.7 Å². The molecular weight excluding hydrogens is 270 g/mol. The number of hydrogen-bond acceptors (Lipinski definition) is 7. The maximum absolute atomic E-state index is 11.1. The molecule has 0 aromatic carbocycles. The fraction of sp³-hybridized carbons (Fsp3) is 0.800. The fourth-order valence-corrected chi connectivity index (χ4v) is 3.34. The number of aliphatic carboxylic acids is 1. The number of carboxylic acids is 1. The van der Waals surface area contributed by atoms with Gasteiger partial charge in [0.2, 0.25) is 5.91 Å². The first-order chi connectivity index (χ1) is 9.08. The minimum Gasteiger partial charge on any atom is -0.481 e. The number of nitrogens with zero attached hydrogens (tertiary/aromatic N) is 1. The Kier molecular flexibility index (Phi) is 4.99. The second kappa shape index (κ2) is 6.53. The van der Waals surface area contributed by atoms with Crippen LogP contribution in [0.1, 0.15) is 25.7 Å². The normalized spacial score (nSPS) is 32.3. The molecule has 2 rings (SSSR count). The third-order valence-electron chi connectivity index (χ3n) is 3.41. The van der Waals surface area contributed by atoms with Crippen molar-refractivity contribution in [3.8, 4) is 0 Å². The first-order valence-corrected chi connectivity index (χ1v) is 7.30. The van der Waals surface area contributed by atoms with Crippen molar-refractivity contribution in [2.45, 2.75) is 37.2 Å². The number of rotatable bonds is 5. The van der Waals surface area contributed by atoms with Crippen molar-refractivity contribution >= 4 is 23.6 Å². The number of thioether (sulfide) groups is 1. The van der Waals surface area contributed by atoms with Crippen LogP contribution >= 0.6 is 11.8 Å². The SMILES string of the molecule is NC(=O)CSC1NNNN1C1CCCC(C(=O)O)C1. The molecule has 19 heavy (non-hydrogen) atoms. The third kappa shape index (κ3) is 3.80. The summed E-state index contributed by atoms with van der Waals surface area (Å²) < 4.78 is 0. The molecule has 8 nitrogen and oxygen atoms in total. The van der Waals surface area contributed by atoms with E-state index in [1.54, 1.807) is 0 Å². The number of nitrogens with one attached hydrogen (secondary N) is 3. The zero-order chi connectivity index (χ0) is 13.8. The highest BCUT2D eigenvalue weighted by molar-refractivity contribution is 8.00. The topological polar surface area (TPSA) is 120 Å². The second-order valence-electron chi connectivity index (χ2n) is 4.77. The summed E-state index contributed by atoms with van der Waals surface area (Å²) in [6.45, 7) is 0. The maximum Gasteiger partial charge on any atom is 0.306 e. The van der Waals surface area contributed by atoms with Crippen molar-refractivity contribution in [1.29, 1.82) is 0 Å². The van der Waals surface area contributed by atoms with Crippen LogP contribution in [0.25, 0.3) is 0 Å². The number of primary amides is 1. The summed E-state index contributed by atoms with van der Waals surface area (Å²) in [4.78, 5) is 21.9. The second-order valence-corrected chi connectivity index (χ2v) is 5.84. The molecule has 0 aromatic rings. The molecule has 9 heteroatoms. The van der Waals surface area contributed by atoms with Crippen LogP contribution in [0, 0.1) is 5.92 Å². The first kappa shape index (κ1) is 14.5. The molecule has 1 amide bonds. The van der Waals surface area contributed by atoms with Crippen LogP contribution in [0.2, 0.25) is 0 Å². The minimum absolute atomic E-state index is 0.128. The van der Waals surface area contributed by atoms with Gasteiger partial charge >= 0.3 is 5.97 Å². The van der Waals surface area contributed by atoms with E-state index in [1.807, 2.05) is 5.01 Å². The number of carbonyl (C=O) groups is 2. The standard InChI is InChI=1S/C10H19N5O3S/c11-8(16)5-19-10-12-13-14-15(10)7-3-1-2-6(4-7)9(17)18/h6-7,10,12-14H,1-5H2,(H2,11,16)(H,17,18). The fourth-order valence-electron chi connectivity index (χ4n) is 2.49. The number of carboxylic acid groups (broad SMARTS) is 1. The van der Waals surface area contributed by atoms with Crippen LogP contribution in [0.4, 0.5) is 0 Å². The van der Waals surface area contributed by atoms with Gasteiger partial charge in [-0.05, 0) is 19.3 Å². The first-order valence-electron chi connectivity index (χ1n) is 6.25. The molecular formula is C10H19N5O3S. The summed E-state index contributed by atoms with van der Waals surface area (Å²) >= 11 is 1.37. The van der Waals surface area contributed by atoms with Crippen LogP contribution in [-0.2, 0) is 9.59 Å². The van der Waals surface area contributed by atoms with Gasteiger partial charge in [-0.3, -0.25) is 9.59 Å². The molecule has 3 atom stereocenters. The van der Waals surface area contributed by atoms with E-state index < -0.39 is 5.97 Å². The van der Waals surface area contributed by atoms with Crippen molar-refractivity contribution in [3.05, 3.63) is 0 Å². The zero-order valence-corrected chi connectivity index (χ0v) is 11.3. The van der Waals surface area contributed by atoms with Gasteiger partial charge in [-0.2, -0.15) is 16.1 Å². The lowest BCUT2D eigenvalue weighted by atomic mass is 9.85. The average molecular weight is 289 g/mol. The predicted octanol–water partition coefficient (Wildman–Crippen LogP) is -1.04. The number of amides is 1. The molecule has 0 spiro atoms. The van der Waals surface area contributed by atoms with Gasteiger partial charge in [-0.1, -0.05) is 6.42 Å². The van der Waals surface area contributed by atoms with Gasteiger partial charge < -0.3 is 10.8 Å². The molecule has 1 aliphatic carbocycles. The van der Waals surface area contributed by atoms with Crippen molar-refractivity contribution in [3.63, 3.8) is 0 Å². The highest BCUT2D eigenvalue weighted by atomic mass is 32.2. The van der Waals surface area contributed by atoms with E-state index in [9.17, 15) is 9.59 Å². The number of nitrogens with two attached hydrogens (primary N) is 1. The van der Waals surface area contributed by atoms with E-state index >= 15 is 0 Å². The molecule has 0 radical (unpaired) electrons. The van der Waals surface area contributed by atoms with E-state index in [2.05, 4.69) is 16.5 Å². The Bertz CT molecular complexity index is 356. The van der Waals surface area contributed by atoms with Gasteiger partial charge in [0.05, 0.1) is 11.7 Å². The third-order valence-corrected chi connectivity index (χ3v) is 4.52. The molecule has 2 aliphatic rings. The molecule has 6 N–H and O–H groups in total. The summed E-state index contributed by atoms with van der Waals surface area (Å²) in [5.74, 6) is -1.17. The Hall–Kier alpha value is -0.870. The van der Waals surface area contributed by atoms with Crippen LogP contribution in [0.15, 0.2) is 0 Å². The highest BCUT2D eigenvalue weighted by Crippen LogP contribution is 2.30. The lowest BCUT2D eigenvalue weighted by Gasteiger charge is -2.35. The van der Waals surface area contributed by atoms with Gasteiger partial charge in [0.15, 0.2) is 0 Å². The minimum atomic E-state index is -0.730. The Labute approximate surface area is 115 Å². The molecule has 1 saturated carbocycles. The Morgan fingerprint density at radius 1 is 1.42 bits per heavy atom. The molecule has 0 bridgehead atoms. The van der Waals surface area contributed by atoms with Crippen LogP contribution < -0.4 is 22.2 Å². The van der Waals surface area contributed by atoms with E-state index in [0.717, 1.165) is 19.3 Å². The van der Waals surface area contributed by atoms with E-state index in [4.69, 9.17) is 10.8 Å². The van der Waals surface area contributed by atoms with Crippen LogP contribution in [0.3, 0.4) is 0 Å². The molecule has 1 aliphatic heterocycles. The lowest BCUT2D eigenvalue weighted by molar-refractivity contribution is -0.143. The van der Waals surface area contributed by atoms with Crippen molar-refractivity contribution in [1.82, 2.24) is 21.5 Å². The summed E-state index contributed by atoms with van der Waals surface area (Å²) in [6.07, 6.45) is 3.18. The number of carbonyl (C=O) groups excluding carboxylic acids is 1. The summed E-state index contributed by atoms with van der Waals surface area (Å²) in [5, 5.41) is 11.0. The predicted molar refractivity (Wildman–Crippen MR) is 70.1 cm³/mol. The number of hydrazine groups is 3. The van der Waals surface area contributed by atoms with Gasteiger partial charge in [0.1, 0.15) is 5.50 Å². The van der Waals surface area contributed by atoms with Crippen molar-refractivity contribution in [2.24, 2.45) is 11.7 Å². The lowest BCUT2D eigenvalue weighted by Crippen LogP contribution is -2.49. The Morgan fingerprint density at radius 2 is 2.21 bits per heavy atom. The van der Waals surface area contributed by atoms with Gasteiger partial charge in [0, 0.05) is 6.04 Å². The summed E-state index contributed by atoms with van der Waals surface area (Å²) in [7, 11) is 0. The van der Waals surface area contributed by atoms with E-state index in [1.165, 1.54) is 11.8 Å². The monoisotopic (exact) mass is 289 g/mol. The molecule has 2 fully saturated rings. The van der Waals surface area contributed by atoms with Gasteiger partial charge in [-0.15, -0.1) is 11.8 Å². The zero-order valence-electron chi connectivity index (χ0n) is 10.5. The Morgan fingerprint density at radius 3 is 2.89 bits per heavy atom. The summed E-state index contributed by atoms with van der Waals surface area (Å²) in [6, 6.07) is 0.128. The Balaban J connectivity index is 1.91. The van der Waals surface area contributed by atoms with Gasteiger partial charge in [0.25, 0.3) is 0 Å². The smallest absolute Gasteiger partial charge is 0.306 e. The van der Waals surface area contributed by atoms with Crippen LogP contribution in [0.5, 0.6) is 0 Å². The maximum atomic E-state index is 11.1. The molecule has 1 heterocycles. The van der Waals surface area contributed by atoms with E-state index in [0.29, 0.717) is 6.42 Å². The van der Waals surface area contributed by atoms with Gasteiger partial charge in [-0.25, -0.2) is 5.43 Å². The molecule has 108 valence electrons. The van der Waals surface area contributed by atoms with E-state index in [-0.39, 0.29) is 29.1 Å². The summed E-state index contributed by atoms with van der Waals surface area (Å²) in [5.41, 5.74) is 13.7. The highest BCUT2D eigenvalue weighted by Gasteiger charge is 2.36. The quantitative estimate of drug-likeness (QED) is 0.435. The average Bonchev–Trinajstić information content (AvgIpc) is 2.84.